The van der Waals surface area contributed by atoms with Crippen LogP contribution in [0.25, 0.3) is 0 Å². The Bertz CT molecular complexity index is 472. The molecule has 5 heteroatoms. The first-order valence-electron chi connectivity index (χ1n) is 6.75. The number of hydrogen-bond donors (Lipinski definition) is 1. The third-order valence-corrected chi connectivity index (χ3v) is 4.41. The van der Waals surface area contributed by atoms with E-state index in [2.05, 4.69) is 19.2 Å². The highest BCUT2D eigenvalue weighted by Gasteiger charge is 2.89. The van der Waals surface area contributed by atoms with E-state index < -0.39 is 17.2 Å². The zero-order valence-corrected chi connectivity index (χ0v) is 11.4. The molecule has 0 aromatic rings. The topological polar surface area (TPSA) is 67.9 Å². The van der Waals surface area contributed by atoms with Gasteiger partial charge in [-0.2, -0.15) is 0 Å². The molecule has 5 nitrogen and oxygen atoms in total. The van der Waals surface area contributed by atoms with Crippen molar-refractivity contribution in [2.45, 2.75) is 37.5 Å². The number of methoxy groups -OCH3 is 1. The van der Waals surface area contributed by atoms with Gasteiger partial charge in [-0.15, -0.1) is 0 Å². The summed E-state index contributed by atoms with van der Waals surface area (Å²) in [6, 6.07) is -0.295. The molecule has 0 radical (unpaired) electrons. The standard InChI is InChI=1S/C14H19NO4/c1-8(2)5-7-15-10-9-4-6-13(11(9)16)14(10,19-13)12(17)18-3/h4,6,8-10,15H,5,7H2,1-3H3. The van der Waals surface area contributed by atoms with Gasteiger partial charge in [0, 0.05) is 0 Å². The molecule has 0 amide bonds. The zero-order chi connectivity index (χ0) is 13.8. The number of epoxide rings is 1. The highest BCUT2D eigenvalue weighted by molar-refractivity contribution is 6.12. The Kier molecular flexibility index (Phi) is 2.63. The van der Waals surface area contributed by atoms with Crippen LogP contribution >= 0.6 is 0 Å². The Morgan fingerprint density at radius 2 is 2.32 bits per heavy atom. The Balaban J connectivity index is 1.81. The number of nitrogens with one attached hydrogen (secondary N) is 1. The maximum absolute atomic E-state index is 12.2. The van der Waals surface area contributed by atoms with Crippen molar-refractivity contribution in [3.05, 3.63) is 12.2 Å². The van der Waals surface area contributed by atoms with Gasteiger partial charge in [0.1, 0.15) is 0 Å². The van der Waals surface area contributed by atoms with Crippen molar-refractivity contribution in [1.29, 1.82) is 0 Å². The minimum atomic E-state index is -1.12. The summed E-state index contributed by atoms with van der Waals surface area (Å²) in [5.41, 5.74) is -2.16. The summed E-state index contributed by atoms with van der Waals surface area (Å²) < 4.78 is 10.4. The lowest BCUT2D eigenvalue weighted by atomic mass is 9.88. The van der Waals surface area contributed by atoms with Crippen LogP contribution in [0.4, 0.5) is 0 Å². The molecule has 3 rings (SSSR count). The van der Waals surface area contributed by atoms with Gasteiger partial charge in [0.2, 0.25) is 5.60 Å². The molecule has 1 saturated heterocycles. The fraction of sp³-hybridized carbons (Fsp3) is 0.714. The summed E-state index contributed by atoms with van der Waals surface area (Å²) in [4.78, 5) is 24.3. The summed E-state index contributed by atoms with van der Waals surface area (Å²) in [5, 5.41) is 3.32. The van der Waals surface area contributed by atoms with E-state index in [1.165, 1.54) is 7.11 Å². The summed E-state index contributed by atoms with van der Waals surface area (Å²) in [6.45, 7) is 5.04. The summed E-state index contributed by atoms with van der Waals surface area (Å²) in [6.07, 6.45) is 4.56. The van der Waals surface area contributed by atoms with E-state index in [4.69, 9.17) is 9.47 Å². The molecule has 3 aliphatic rings. The van der Waals surface area contributed by atoms with Gasteiger partial charge in [0.25, 0.3) is 0 Å². The lowest BCUT2D eigenvalue weighted by Crippen LogP contribution is -2.51. The average Bonchev–Trinajstić information content (AvgIpc) is 2.94. The predicted octanol–water partition coefficient (Wildman–Crippen LogP) is 0.440. The quantitative estimate of drug-likeness (QED) is 0.444. The minimum absolute atomic E-state index is 0.0139. The maximum Gasteiger partial charge on any atom is 0.343 e. The first-order chi connectivity index (χ1) is 8.99. The van der Waals surface area contributed by atoms with Crippen molar-refractivity contribution in [3.8, 4) is 0 Å². The first-order valence-corrected chi connectivity index (χ1v) is 6.75. The number of ketones is 1. The van der Waals surface area contributed by atoms with Crippen molar-refractivity contribution < 1.29 is 19.1 Å². The van der Waals surface area contributed by atoms with Crippen LogP contribution in [0, 0.1) is 11.8 Å². The van der Waals surface area contributed by atoms with Gasteiger partial charge >= 0.3 is 5.97 Å². The number of esters is 1. The SMILES string of the molecule is COC(=O)C12OC13C=CC(C3=O)C2NCCC(C)C. The molecular formula is C14H19NO4. The second kappa shape index (κ2) is 3.90. The van der Waals surface area contributed by atoms with Crippen molar-refractivity contribution in [2.24, 2.45) is 11.8 Å². The fourth-order valence-corrected chi connectivity index (χ4v) is 3.36. The van der Waals surface area contributed by atoms with E-state index >= 15 is 0 Å². The fourth-order valence-electron chi connectivity index (χ4n) is 3.36. The molecule has 19 heavy (non-hydrogen) atoms. The number of rotatable bonds is 5. The third kappa shape index (κ3) is 1.37. The lowest BCUT2D eigenvalue weighted by molar-refractivity contribution is -0.148. The zero-order valence-electron chi connectivity index (χ0n) is 11.4. The molecule has 4 unspecified atom stereocenters. The third-order valence-electron chi connectivity index (χ3n) is 4.41. The van der Waals surface area contributed by atoms with Gasteiger partial charge in [-0.25, -0.2) is 4.79 Å². The van der Waals surface area contributed by atoms with E-state index in [-0.39, 0.29) is 17.7 Å². The van der Waals surface area contributed by atoms with Crippen LogP contribution in [0.15, 0.2) is 12.2 Å². The molecule has 1 heterocycles. The van der Waals surface area contributed by atoms with Crippen LogP contribution in [0.5, 0.6) is 0 Å². The molecule has 4 atom stereocenters. The number of fused-ring (bicyclic) bond motifs is 1. The van der Waals surface area contributed by atoms with Crippen LogP contribution < -0.4 is 5.32 Å². The van der Waals surface area contributed by atoms with Gasteiger partial charge < -0.3 is 14.8 Å². The van der Waals surface area contributed by atoms with Crippen molar-refractivity contribution in [3.63, 3.8) is 0 Å². The molecule has 1 saturated carbocycles. The Morgan fingerprint density at radius 3 is 2.95 bits per heavy atom. The van der Waals surface area contributed by atoms with Crippen LogP contribution in [-0.4, -0.2) is 42.7 Å². The molecule has 1 spiro atoms. The predicted molar refractivity (Wildman–Crippen MR) is 67.4 cm³/mol. The van der Waals surface area contributed by atoms with Gasteiger partial charge in [0.15, 0.2) is 11.4 Å². The Morgan fingerprint density at radius 1 is 1.58 bits per heavy atom. The monoisotopic (exact) mass is 265 g/mol. The molecule has 2 fully saturated rings. The summed E-state index contributed by atoms with van der Waals surface area (Å²) >= 11 is 0. The van der Waals surface area contributed by atoms with Gasteiger partial charge in [-0.05, 0) is 25.0 Å². The van der Waals surface area contributed by atoms with Crippen molar-refractivity contribution in [1.82, 2.24) is 5.32 Å². The molecule has 2 aliphatic carbocycles. The smallest absolute Gasteiger partial charge is 0.343 e. The second-order valence-electron chi connectivity index (χ2n) is 5.93. The highest BCUT2D eigenvalue weighted by atomic mass is 16.7. The molecule has 0 aromatic carbocycles. The lowest BCUT2D eigenvalue weighted by Gasteiger charge is -2.25. The number of carbonyl (C=O) groups is 2. The molecule has 1 aliphatic heterocycles. The summed E-state index contributed by atoms with van der Waals surface area (Å²) in [7, 11) is 1.33. The van der Waals surface area contributed by atoms with E-state index in [1.54, 1.807) is 6.08 Å². The van der Waals surface area contributed by atoms with Crippen LogP contribution in [0.3, 0.4) is 0 Å². The largest absolute Gasteiger partial charge is 0.467 e. The van der Waals surface area contributed by atoms with Crippen molar-refractivity contribution >= 4 is 11.8 Å². The first kappa shape index (κ1) is 12.8. The minimum Gasteiger partial charge on any atom is -0.467 e. The van der Waals surface area contributed by atoms with E-state index in [1.807, 2.05) is 6.08 Å². The number of ether oxygens (including phenoxy) is 2. The molecule has 0 aromatic heterocycles. The Labute approximate surface area is 112 Å². The summed E-state index contributed by atoms with van der Waals surface area (Å²) in [5.74, 6) is -0.157. The van der Waals surface area contributed by atoms with Crippen LogP contribution in [0.2, 0.25) is 0 Å². The van der Waals surface area contributed by atoms with Gasteiger partial charge in [-0.3, -0.25) is 4.79 Å². The van der Waals surface area contributed by atoms with Crippen molar-refractivity contribution in [2.75, 3.05) is 13.7 Å². The van der Waals surface area contributed by atoms with Gasteiger partial charge in [-0.1, -0.05) is 19.9 Å². The number of hydrogen-bond acceptors (Lipinski definition) is 5. The number of Topliss-reactive ketones (excluding diaryl/α,β-unsaturated/α-hetero) is 1. The van der Waals surface area contributed by atoms with E-state index in [9.17, 15) is 9.59 Å². The molecule has 1 N–H and O–H groups in total. The maximum atomic E-state index is 12.2. The molecule has 104 valence electrons. The van der Waals surface area contributed by atoms with Crippen LogP contribution in [0.1, 0.15) is 20.3 Å². The normalized spacial score (nSPS) is 41.8. The Hall–Kier alpha value is -1.20. The molecular weight excluding hydrogens is 246 g/mol. The molecule has 2 bridgehead atoms. The van der Waals surface area contributed by atoms with Gasteiger partial charge in [0.05, 0.1) is 19.1 Å². The average molecular weight is 265 g/mol. The van der Waals surface area contributed by atoms with E-state index in [0.717, 1.165) is 13.0 Å². The van der Waals surface area contributed by atoms with Crippen LogP contribution in [-0.2, 0) is 19.1 Å². The number of carbonyl (C=O) groups excluding carboxylic acids is 2. The highest BCUT2D eigenvalue weighted by Crippen LogP contribution is 2.64. The van der Waals surface area contributed by atoms with E-state index in [0.29, 0.717) is 5.92 Å². The second-order valence-corrected chi connectivity index (χ2v) is 5.93.